The Labute approximate surface area is 164 Å². The zero-order valence-corrected chi connectivity index (χ0v) is 15.3. The number of nitrogens with zero attached hydrogens (tertiary/aromatic N) is 4. The molecule has 7 nitrogen and oxygen atoms in total. The summed E-state index contributed by atoms with van der Waals surface area (Å²) in [5.41, 5.74) is 0.840. The smallest absolute Gasteiger partial charge is 0.170 e. The molecule has 1 aliphatic rings. The lowest BCUT2D eigenvalue weighted by molar-refractivity contribution is 0.550. The number of anilines is 3. The van der Waals surface area contributed by atoms with Crippen molar-refractivity contribution in [3.8, 4) is 6.07 Å². The second-order valence-electron chi connectivity index (χ2n) is 6.82. The first-order valence-electron chi connectivity index (χ1n) is 8.95. The van der Waals surface area contributed by atoms with Crippen LogP contribution >= 0.6 is 0 Å². The molecule has 3 N–H and O–H groups in total. The van der Waals surface area contributed by atoms with E-state index in [9.17, 15) is 18.4 Å². The Kier molecular flexibility index (Phi) is 4.80. The molecule has 0 unspecified atom stereocenters. The van der Waals surface area contributed by atoms with Crippen LogP contribution in [0.5, 0.6) is 0 Å². The number of aromatic amines is 1. The Hall–Kier alpha value is -3.61. The van der Waals surface area contributed by atoms with E-state index in [0.29, 0.717) is 17.8 Å². The summed E-state index contributed by atoms with van der Waals surface area (Å²) in [7, 11) is 0. The monoisotopic (exact) mass is 399 g/mol. The predicted molar refractivity (Wildman–Crippen MR) is 98.9 cm³/mol. The fourth-order valence-corrected chi connectivity index (χ4v) is 2.91. The van der Waals surface area contributed by atoms with E-state index in [1.165, 1.54) is 0 Å². The molecule has 0 bridgehead atoms. The van der Waals surface area contributed by atoms with Gasteiger partial charge in [-0.15, -0.1) is 0 Å². The van der Waals surface area contributed by atoms with Gasteiger partial charge in [0, 0.05) is 23.7 Å². The molecule has 3 aromatic heterocycles. The summed E-state index contributed by atoms with van der Waals surface area (Å²) in [6.07, 6.45) is 3.07. The van der Waals surface area contributed by atoms with Crippen LogP contribution in [0.4, 0.5) is 30.6 Å². The van der Waals surface area contributed by atoms with Crippen molar-refractivity contribution < 1.29 is 13.2 Å². The van der Waals surface area contributed by atoms with Gasteiger partial charge in [0.05, 0.1) is 23.5 Å². The molecule has 1 atom stereocenters. The zero-order valence-electron chi connectivity index (χ0n) is 15.3. The molecule has 0 spiro atoms. The van der Waals surface area contributed by atoms with Crippen LogP contribution in [-0.2, 0) is 0 Å². The molecule has 3 aromatic rings. The molecule has 1 aliphatic carbocycles. The van der Waals surface area contributed by atoms with E-state index in [0.717, 1.165) is 30.8 Å². The third-order valence-electron chi connectivity index (χ3n) is 4.56. The second kappa shape index (κ2) is 7.43. The van der Waals surface area contributed by atoms with Gasteiger partial charge in [0.25, 0.3) is 0 Å². The van der Waals surface area contributed by atoms with E-state index in [2.05, 4.69) is 30.8 Å². The lowest BCUT2D eigenvalue weighted by Crippen LogP contribution is -2.14. The Balaban J connectivity index is 1.59. The van der Waals surface area contributed by atoms with Crippen molar-refractivity contribution in [2.75, 3.05) is 10.6 Å². The van der Waals surface area contributed by atoms with Crippen LogP contribution in [0.15, 0.2) is 24.4 Å². The van der Waals surface area contributed by atoms with Crippen molar-refractivity contribution in [1.29, 1.82) is 5.26 Å². The Morgan fingerprint density at radius 1 is 1.17 bits per heavy atom. The molecular weight excluding hydrogens is 383 g/mol. The van der Waals surface area contributed by atoms with Crippen LogP contribution in [-0.4, -0.2) is 20.2 Å². The maximum absolute atomic E-state index is 14.4. The highest BCUT2D eigenvalue weighted by Gasteiger charge is 2.26. The number of aromatic nitrogens is 4. The average molecular weight is 399 g/mol. The molecule has 1 saturated carbocycles. The van der Waals surface area contributed by atoms with E-state index in [-0.39, 0.29) is 22.9 Å². The molecule has 1 fully saturated rings. The Bertz CT molecular complexity index is 1100. The molecular formula is C19H16F3N7. The van der Waals surface area contributed by atoms with Crippen molar-refractivity contribution in [2.45, 2.75) is 31.7 Å². The van der Waals surface area contributed by atoms with Gasteiger partial charge in [0.15, 0.2) is 17.5 Å². The van der Waals surface area contributed by atoms with Gasteiger partial charge in [0.2, 0.25) is 0 Å². The number of hydrogen-bond acceptors (Lipinski definition) is 6. The summed E-state index contributed by atoms with van der Waals surface area (Å²) in [4.78, 5) is 7.86. The fourth-order valence-electron chi connectivity index (χ4n) is 2.91. The van der Waals surface area contributed by atoms with Crippen molar-refractivity contribution in [3.63, 3.8) is 0 Å². The topological polar surface area (TPSA) is 102 Å². The van der Waals surface area contributed by atoms with Gasteiger partial charge in [-0.25, -0.2) is 18.2 Å². The van der Waals surface area contributed by atoms with Crippen LogP contribution < -0.4 is 10.6 Å². The number of rotatable bonds is 6. The summed E-state index contributed by atoms with van der Waals surface area (Å²) in [6.45, 7) is 1.57. The molecule has 29 heavy (non-hydrogen) atoms. The van der Waals surface area contributed by atoms with Gasteiger partial charge in [-0.05, 0) is 25.8 Å². The third-order valence-corrected chi connectivity index (χ3v) is 4.56. The number of H-pyrrole nitrogens is 1. The van der Waals surface area contributed by atoms with Gasteiger partial charge in [0.1, 0.15) is 23.5 Å². The average Bonchev–Trinajstić information content (AvgIpc) is 3.43. The highest BCUT2D eigenvalue weighted by Crippen LogP contribution is 2.39. The summed E-state index contributed by atoms with van der Waals surface area (Å²) in [6, 6.07) is 4.61. The van der Waals surface area contributed by atoms with Crippen molar-refractivity contribution in [1.82, 2.24) is 20.2 Å². The molecule has 0 saturated heterocycles. The second-order valence-corrected chi connectivity index (χ2v) is 6.82. The predicted octanol–water partition coefficient (Wildman–Crippen LogP) is 4.28. The minimum atomic E-state index is -0.840. The van der Waals surface area contributed by atoms with E-state index in [1.807, 2.05) is 6.07 Å². The third kappa shape index (κ3) is 3.99. The van der Waals surface area contributed by atoms with Crippen LogP contribution in [0.25, 0.3) is 0 Å². The van der Waals surface area contributed by atoms with Crippen molar-refractivity contribution in [2.24, 2.45) is 0 Å². The fraction of sp³-hybridized carbons (Fsp3) is 0.263. The standard InChI is InChI=1S/C19H16F3N7/c1-9(17-13(21)5-12(20)8-24-17)25-18-11(7-23)4-14(22)19(27-18)26-16-6-15(28-29-16)10-2-3-10/h4-6,8-10H,2-3H2,1H3,(H3,25,26,27,28,29)/t9-/m0/s1. The molecule has 0 radical (unpaired) electrons. The van der Waals surface area contributed by atoms with Crippen molar-refractivity contribution in [3.05, 3.63) is 58.8 Å². The van der Waals surface area contributed by atoms with Gasteiger partial charge in [-0.3, -0.25) is 10.1 Å². The summed E-state index contributed by atoms with van der Waals surface area (Å²) >= 11 is 0. The summed E-state index contributed by atoms with van der Waals surface area (Å²) in [5, 5.41) is 21.9. The van der Waals surface area contributed by atoms with Crippen LogP contribution in [0.1, 0.15) is 48.7 Å². The maximum Gasteiger partial charge on any atom is 0.170 e. The minimum Gasteiger partial charge on any atom is -0.361 e. The first-order valence-corrected chi connectivity index (χ1v) is 8.95. The summed E-state index contributed by atoms with van der Waals surface area (Å²) in [5.74, 6) is -1.63. The van der Waals surface area contributed by atoms with E-state index >= 15 is 0 Å². The van der Waals surface area contributed by atoms with Crippen molar-refractivity contribution >= 4 is 17.5 Å². The molecule has 0 aromatic carbocycles. The van der Waals surface area contributed by atoms with E-state index in [4.69, 9.17) is 0 Å². The Morgan fingerprint density at radius 3 is 2.66 bits per heavy atom. The first-order chi connectivity index (χ1) is 13.9. The quantitative estimate of drug-likeness (QED) is 0.572. The number of nitrogens with one attached hydrogen (secondary N) is 3. The molecule has 4 rings (SSSR count). The molecule has 3 heterocycles. The molecule has 148 valence electrons. The normalized spacial score (nSPS) is 14.3. The molecule has 0 amide bonds. The van der Waals surface area contributed by atoms with E-state index < -0.39 is 23.5 Å². The number of hydrogen-bond donors (Lipinski definition) is 3. The summed E-state index contributed by atoms with van der Waals surface area (Å²) < 4.78 is 41.5. The lowest BCUT2D eigenvalue weighted by Gasteiger charge is -2.16. The van der Waals surface area contributed by atoms with Gasteiger partial charge < -0.3 is 10.6 Å². The van der Waals surface area contributed by atoms with Gasteiger partial charge in [-0.1, -0.05) is 0 Å². The van der Waals surface area contributed by atoms with Gasteiger partial charge >= 0.3 is 0 Å². The highest BCUT2D eigenvalue weighted by molar-refractivity contribution is 5.61. The SMILES string of the molecule is C[C@H](Nc1nc(Nc2cc(C3CC3)[nH]n2)c(F)cc1C#N)c1ncc(F)cc1F. The largest absolute Gasteiger partial charge is 0.361 e. The van der Waals surface area contributed by atoms with E-state index in [1.54, 1.807) is 13.0 Å². The number of halogens is 3. The number of nitriles is 1. The maximum atomic E-state index is 14.4. The van der Waals surface area contributed by atoms with Crippen LogP contribution in [0.3, 0.4) is 0 Å². The highest BCUT2D eigenvalue weighted by atomic mass is 19.1. The van der Waals surface area contributed by atoms with Gasteiger partial charge in [-0.2, -0.15) is 10.4 Å². The minimum absolute atomic E-state index is 0.0346. The first kappa shape index (κ1) is 18.7. The Morgan fingerprint density at radius 2 is 1.97 bits per heavy atom. The molecule has 10 heteroatoms. The lowest BCUT2D eigenvalue weighted by atomic mass is 10.2. The zero-order chi connectivity index (χ0) is 20.5. The van der Waals surface area contributed by atoms with Crippen LogP contribution in [0.2, 0.25) is 0 Å². The molecule has 0 aliphatic heterocycles. The van der Waals surface area contributed by atoms with Crippen LogP contribution in [0, 0.1) is 28.8 Å². The number of pyridine rings is 2.